The second-order valence-corrected chi connectivity index (χ2v) is 9.86. The first-order valence-electron chi connectivity index (χ1n) is 13.1. The van der Waals surface area contributed by atoms with Crippen molar-refractivity contribution >= 4 is 65.6 Å². The number of hydrogen-bond acceptors (Lipinski definition) is 15. The maximum Gasteiger partial charge on any atom is 0.513 e. The summed E-state index contributed by atoms with van der Waals surface area (Å²) in [5.41, 5.74) is -0.825. The molecule has 0 aliphatic carbocycles. The van der Waals surface area contributed by atoms with Crippen LogP contribution in [0.5, 0.6) is 23.0 Å². The van der Waals surface area contributed by atoms with Gasteiger partial charge in [0.15, 0.2) is 23.0 Å². The lowest BCUT2D eigenvalue weighted by Crippen LogP contribution is -2.38. The minimum absolute atomic E-state index is 0.0557. The van der Waals surface area contributed by atoms with Gasteiger partial charge in [-0.05, 0) is 18.6 Å². The molecule has 18 nitrogen and oxygen atoms in total. The maximum atomic E-state index is 13.6. The summed E-state index contributed by atoms with van der Waals surface area (Å²) in [7, 11) is 5.30. The molecule has 1 N–H and O–H groups in total. The number of carbonyl (C=O) groups excluding carboxylic acids is 6. The zero-order valence-electron chi connectivity index (χ0n) is 25.9. The molecule has 2 amide bonds. The summed E-state index contributed by atoms with van der Waals surface area (Å²) in [5.74, 6) is -5.40. The Morgan fingerprint density at radius 1 is 0.625 bits per heavy atom. The quantitative estimate of drug-likeness (QED) is 0.184. The van der Waals surface area contributed by atoms with Gasteiger partial charge in [0.25, 0.3) is 11.8 Å². The van der Waals surface area contributed by atoms with E-state index in [9.17, 15) is 38.7 Å². The average molecular weight is 719 g/mol. The number of nitrogens with zero attached hydrogens (tertiary/aromatic N) is 2. The molecule has 0 radical (unpaired) electrons. The minimum atomic E-state index is -1.43. The molecule has 20 heteroatoms. The number of carboxylic acid groups (broad SMARTS) is 1. The van der Waals surface area contributed by atoms with Crippen molar-refractivity contribution < 1.29 is 76.6 Å². The Kier molecular flexibility index (Phi) is 14.5. The third-order valence-corrected chi connectivity index (χ3v) is 6.24. The van der Waals surface area contributed by atoms with Gasteiger partial charge < -0.3 is 52.8 Å². The SMILES string of the molecule is COC(=O)Oc1cc(Cl)cc(C(=O)N(C)CCCN(CC(=O)O)C(=O)c2cc(Cl)cc(OC(=O)OC)c2OC(=O)OC)c1OC(=O)OC. The van der Waals surface area contributed by atoms with E-state index in [4.69, 9.17) is 42.1 Å². The van der Waals surface area contributed by atoms with E-state index in [0.717, 1.165) is 62.5 Å². The van der Waals surface area contributed by atoms with Crippen molar-refractivity contribution in [1.29, 1.82) is 0 Å². The lowest BCUT2D eigenvalue weighted by atomic mass is 10.1. The minimum Gasteiger partial charge on any atom is -0.480 e. The van der Waals surface area contributed by atoms with Crippen molar-refractivity contribution in [2.24, 2.45) is 0 Å². The number of amides is 2. The highest BCUT2D eigenvalue weighted by molar-refractivity contribution is 6.31. The number of carbonyl (C=O) groups is 7. The van der Waals surface area contributed by atoms with Gasteiger partial charge in [0.1, 0.15) is 6.54 Å². The molecule has 0 atom stereocenters. The van der Waals surface area contributed by atoms with Crippen molar-refractivity contribution in [2.75, 3.05) is 55.1 Å². The van der Waals surface area contributed by atoms with Crippen molar-refractivity contribution in [3.8, 4) is 23.0 Å². The Hall–Kier alpha value is -5.49. The molecule has 260 valence electrons. The van der Waals surface area contributed by atoms with Crippen LogP contribution in [0.15, 0.2) is 24.3 Å². The molecule has 0 bridgehead atoms. The molecular formula is C28H28Cl2N2O16. The van der Waals surface area contributed by atoms with Gasteiger partial charge in [0.05, 0.1) is 39.6 Å². The van der Waals surface area contributed by atoms with E-state index in [1.165, 1.54) is 7.05 Å². The molecule has 2 rings (SSSR count). The molecule has 0 saturated carbocycles. The van der Waals surface area contributed by atoms with Crippen molar-refractivity contribution in [2.45, 2.75) is 6.42 Å². The monoisotopic (exact) mass is 718 g/mol. The summed E-state index contributed by atoms with van der Waals surface area (Å²) in [5, 5.41) is 9.24. The summed E-state index contributed by atoms with van der Waals surface area (Å²) in [6.45, 7) is -1.32. The van der Waals surface area contributed by atoms with Crippen molar-refractivity contribution in [3.63, 3.8) is 0 Å². The van der Waals surface area contributed by atoms with Crippen LogP contribution in [-0.2, 0) is 23.7 Å². The van der Waals surface area contributed by atoms with E-state index in [-0.39, 0.29) is 35.1 Å². The van der Waals surface area contributed by atoms with Crippen LogP contribution < -0.4 is 18.9 Å². The number of ether oxygens (including phenoxy) is 8. The Morgan fingerprint density at radius 2 is 1.02 bits per heavy atom. The summed E-state index contributed by atoms with van der Waals surface area (Å²) < 4.78 is 37.8. The standard InChI is InChI=1S/C28H28Cl2N2O16/c1-31(23(35)16-9-14(29)11-18(45-25(37)41-2)21(16)47-27(39)43-4)7-6-8-32(13-20(33)34)24(36)17-10-15(30)12-19(46-26(38)42-3)22(17)48-28(40)44-5/h9-12H,6-8,13H2,1-5H3,(H,33,34). The van der Waals surface area contributed by atoms with Gasteiger partial charge in [0.2, 0.25) is 0 Å². The van der Waals surface area contributed by atoms with Crippen molar-refractivity contribution in [1.82, 2.24) is 9.80 Å². The number of methoxy groups -OCH3 is 4. The summed E-state index contributed by atoms with van der Waals surface area (Å²) in [6, 6.07) is 4.27. The molecule has 2 aromatic carbocycles. The highest BCUT2D eigenvalue weighted by Gasteiger charge is 2.29. The lowest BCUT2D eigenvalue weighted by Gasteiger charge is -2.24. The second kappa shape index (κ2) is 18.0. The number of hydrogen-bond donors (Lipinski definition) is 1. The number of carboxylic acids is 1. The van der Waals surface area contributed by atoms with E-state index in [1.54, 1.807) is 0 Å². The number of halogens is 2. The third-order valence-electron chi connectivity index (χ3n) is 5.81. The van der Waals surface area contributed by atoms with E-state index < -0.39 is 77.5 Å². The fraction of sp³-hybridized carbons (Fsp3) is 0.321. The zero-order chi connectivity index (χ0) is 36.1. The Bertz CT molecular complexity index is 1580. The van der Waals surface area contributed by atoms with Crippen LogP contribution in [0.4, 0.5) is 19.2 Å². The van der Waals surface area contributed by atoms with Crippen molar-refractivity contribution in [3.05, 3.63) is 45.4 Å². The molecule has 0 unspecified atom stereocenters. The second-order valence-electron chi connectivity index (χ2n) is 8.99. The summed E-state index contributed by atoms with van der Waals surface area (Å²) in [6.07, 6.45) is -5.11. The lowest BCUT2D eigenvalue weighted by molar-refractivity contribution is -0.137. The van der Waals surface area contributed by atoms with E-state index >= 15 is 0 Å². The molecule has 0 heterocycles. The molecule has 0 saturated heterocycles. The summed E-state index contributed by atoms with van der Waals surface area (Å²) >= 11 is 12.2. The first kappa shape index (κ1) is 38.7. The molecule has 0 aliphatic rings. The number of benzene rings is 2. The molecule has 0 aliphatic heterocycles. The number of aliphatic carboxylic acids is 1. The Balaban J connectivity index is 2.40. The molecule has 2 aromatic rings. The highest BCUT2D eigenvalue weighted by Crippen LogP contribution is 2.38. The van der Waals surface area contributed by atoms with Gasteiger partial charge >= 0.3 is 30.6 Å². The molecule has 0 spiro atoms. The van der Waals surface area contributed by atoms with Crippen LogP contribution in [-0.4, -0.2) is 112 Å². The van der Waals surface area contributed by atoms with E-state index in [2.05, 4.69) is 18.9 Å². The first-order valence-corrected chi connectivity index (χ1v) is 13.9. The van der Waals surface area contributed by atoms with Gasteiger partial charge in [-0.15, -0.1) is 0 Å². The largest absolute Gasteiger partial charge is 0.513 e. The molecule has 0 aromatic heterocycles. The zero-order valence-corrected chi connectivity index (χ0v) is 27.4. The number of rotatable bonds is 12. The predicted octanol–water partition coefficient (Wildman–Crippen LogP) is 4.26. The van der Waals surface area contributed by atoms with E-state index in [1.807, 2.05) is 0 Å². The normalized spacial score (nSPS) is 10.1. The molecule has 48 heavy (non-hydrogen) atoms. The fourth-order valence-electron chi connectivity index (χ4n) is 3.72. The average Bonchev–Trinajstić information content (AvgIpc) is 3.04. The molecular weight excluding hydrogens is 691 g/mol. The first-order chi connectivity index (χ1) is 22.6. The Morgan fingerprint density at radius 3 is 1.42 bits per heavy atom. The third kappa shape index (κ3) is 10.8. The van der Waals surface area contributed by atoms with Crippen LogP contribution in [0.25, 0.3) is 0 Å². The van der Waals surface area contributed by atoms with Gasteiger partial charge in [-0.1, -0.05) is 23.2 Å². The topological polar surface area (TPSA) is 220 Å². The fourth-order valence-corrected chi connectivity index (χ4v) is 4.14. The van der Waals surface area contributed by atoms with Crippen LogP contribution >= 0.6 is 23.2 Å². The summed E-state index contributed by atoms with van der Waals surface area (Å²) in [4.78, 5) is 88.1. The van der Waals surface area contributed by atoms with Gasteiger partial charge in [-0.2, -0.15) is 0 Å². The Labute approximate surface area is 281 Å². The van der Waals surface area contributed by atoms with Crippen LogP contribution in [0.1, 0.15) is 27.1 Å². The van der Waals surface area contributed by atoms with Crippen LogP contribution in [0.3, 0.4) is 0 Å². The maximum absolute atomic E-state index is 13.6. The smallest absolute Gasteiger partial charge is 0.480 e. The molecule has 0 fully saturated rings. The highest BCUT2D eigenvalue weighted by atomic mass is 35.5. The van der Waals surface area contributed by atoms with Crippen LogP contribution in [0.2, 0.25) is 10.0 Å². The van der Waals surface area contributed by atoms with Gasteiger partial charge in [-0.3, -0.25) is 14.4 Å². The van der Waals surface area contributed by atoms with Gasteiger partial charge in [-0.25, -0.2) is 19.2 Å². The predicted molar refractivity (Wildman–Crippen MR) is 160 cm³/mol. The van der Waals surface area contributed by atoms with Crippen LogP contribution in [0, 0.1) is 0 Å². The van der Waals surface area contributed by atoms with E-state index in [0.29, 0.717) is 0 Å². The van der Waals surface area contributed by atoms with Gasteiger partial charge in [0, 0.05) is 42.3 Å².